The monoisotopic (exact) mass is 190 g/mol. The molecule has 0 spiro atoms. The first-order valence-corrected chi connectivity index (χ1v) is 4.45. The van der Waals surface area contributed by atoms with E-state index in [0.717, 1.165) is 11.3 Å². The van der Waals surface area contributed by atoms with Crippen LogP contribution in [-0.4, -0.2) is 13.0 Å². The highest BCUT2D eigenvalue weighted by atomic mass is 16.1. The van der Waals surface area contributed by atoms with Crippen LogP contribution in [0.1, 0.15) is 12.0 Å². The molecule has 0 aliphatic heterocycles. The van der Waals surface area contributed by atoms with Crippen molar-refractivity contribution in [2.75, 3.05) is 12.4 Å². The van der Waals surface area contributed by atoms with Gasteiger partial charge in [0.2, 0.25) is 5.91 Å². The molecular formula is C11H14N2O. The lowest BCUT2D eigenvalue weighted by Gasteiger charge is -1.99. The zero-order valence-corrected chi connectivity index (χ0v) is 8.16. The van der Waals surface area contributed by atoms with E-state index in [9.17, 15) is 4.79 Å². The Morgan fingerprint density at radius 3 is 2.57 bits per heavy atom. The number of rotatable bonds is 4. The number of hydrogen-bond donors (Lipinski definition) is 2. The first-order chi connectivity index (χ1) is 6.72. The lowest BCUT2D eigenvalue weighted by atomic mass is 10.2. The maximum atomic E-state index is 10.5. The third kappa shape index (κ3) is 3.31. The summed E-state index contributed by atoms with van der Waals surface area (Å²) in [5.41, 5.74) is 7.13. The number of hydrogen-bond acceptors (Lipinski definition) is 2. The number of carbonyl (C=O) groups is 1. The summed E-state index contributed by atoms with van der Waals surface area (Å²) in [5, 5.41) is 3.03. The minimum absolute atomic E-state index is 0.285. The Kier molecular flexibility index (Phi) is 3.73. The molecule has 0 aliphatic carbocycles. The molecule has 1 amide bonds. The summed E-state index contributed by atoms with van der Waals surface area (Å²) in [7, 11) is 1.87. The van der Waals surface area contributed by atoms with Crippen molar-refractivity contribution in [3.63, 3.8) is 0 Å². The van der Waals surface area contributed by atoms with Gasteiger partial charge in [-0.3, -0.25) is 4.79 Å². The van der Waals surface area contributed by atoms with Gasteiger partial charge in [0.25, 0.3) is 0 Å². The van der Waals surface area contributed by atoms with Gasteiger partial charge in [-0.1, -0.05) is 24.3 Å². The third-order valence-corrected chi connectivity index (χ3v) is 1.83. The van der Waals surface area contributed by atoms with E-state index >= 15 is 0 Å². The molecule has 1 aromatic carbocycles. The predicted molar refractivity (Wildman–Crippen MR) is 58.8 cm³/mol. The molecule has 0 atom stereocenters. The summed E-state index contributed by atoms with van der Waals surface area (Å²) < 4.78 is 0. The highest BCUT2D eigenvalue weighted by Gasteiger charge is 1.89. The molecule has 1 rings (SSSR count). The fourth-order valence-electron chi connectivity index (χ4n) is 1.07. The first-order valence-electron chi connectivity index (χ1n) is 4.45. The van der Waals surface area contributed by atoms with Crippen molar-refractivity contribution in [3.8, 4) is 0 Å². The van der Waals surface area contributed by atoms with Gasteiger partial charge in [0, 0.05) is 19.2 Å². The van der Waals surface area contributed by atoms with Crippen molar-refractivity contribution < 1.29 is 4.79 Å². The van der Waals surface area contributed by atoms with Crippen LogP contribution in [0.25, 0.3) is 6.08 Å². The Bertz CT molecular complexity index is 328. The average molecular weight is 190 g/mol. The highest BCUT2D eigenvalue weighted by molar-refractivity contribution is 5.76. The minimum Gasteiger partial charge on any atom is -0.388 e. The molecule has 0 saturated heterocycles. The van der Waals surface area contributed by atoms with Crippen molar-refractivity contribution in [2.45, 2.75) is 6.42 Å². The maximum absolute atomic E-state index is 10.5. The molecule has 0 bridgehead atoms. The molecule has 0 heterocycles. The number of nitrogens with two attached hydrogens (primary N) is 1. The molecule has 0 radical (unpaired) electrons. The van der Waals surface area contributed by atoms with E-state index in [1.54, 1.807) is 6.08 Å². The summed E-state index contributed by atoms with van der Waals surface area (Å²) in [6.45, 7) is 0. The lowest BCUT2D eigenvalue weighted by Crippen LogP contribution is -2.07. The van der Waals surface area contributed by atoms with E-state index in [1.807, 2.05) is 37.4 Å². The normalized spacial score (nSPS) is 10.4. The van der Waals surface area contributed by atoms with Gasteiger partial charge in [-0.05, 0) is 17.7 Å². The predicted octanol–water partition coefficient (Wildman–Crippen LogP) is 1.62. The topological polar surface area (TPSA) is 55.1 Å². The Morgan fingerprint density at radius 2 is 2.07 bits per heavy atom. The summed E-state index contributed by atoms with van der Waals surface area (Å²) in [6.07, 6.45) is 3.93. The van der Waals surface area contributed by atoms with Crippen LogP contribution in [0.3, 0.4) is 0 Å². The Morgan fingerprint density at radius 1 is 1.43 bits per heavy atom. The number of primary amides is 1. The van der Waals surface area contributed by atoms with E-state index in [2.05, 4.69) is 5.32 Å². The highest BCUT2D eigenvalue weighted by Crippen LogP contribution is 2.09. The van der Waals surface area contributed by atoms with Gasteiger partial charge in [0.1, 0.15) is 0 Å². The number of benzene rings is 1. The van der Waals surface area contributed by atoms with Crippen molar-refractivity contribution in [1.29, 1.82) is 0 Å². The number of amides is 1. The molecule has 1 aromatic rings. The smallest absolute Gasteiger partial charge is 0.221 e. The molecule has 74 valence electrons. The standard InChI is InChI=1S/C11H14N2O/c1-13-10-7-5-9(6-8-10)3-2-4-11(12)14/h2-3,5-8,13H,4H2,1H3,(H2,12,14). The molecule has 3 nitrogen and oxygen atoms in total. The maximum Gasteiger partial charge on any atom is 0.221 e. The van der Waals surface area contributed by atoms with Gasteiger partial charge in [0.05, 0.1) is 0 Å². The van der Waals surface area contributed by atoms with Crippen molar-refractivity contribution >= 4 is 17.7 Å². The van der Waals surface area contributed by atoms with Gasteiger partial charge < -0.3 is 11.1 Å². The largest absolute Gasteiger partial charge is 0.388 e. The molecule has 3 N–H and O–H groups in total. The second-order valence-corrected chi connectivity index (χ2v) is 2.94. The lowest BCUT2D eigenvalue weighted by molar-refractivity contribution is -0.117. The zero-order valence-electron chi connectivity index (χ0n) is 8.16. The second-order valence-electron chi connectivity index (χ2n) is 2.94. The molecular weight excluding hydrogens is 176 g/mol. The van der Waals surface area contributed by atoms with Crippen LogP contribution < -0.4 is 11.1 Å². The molecule has 0 fully saturated rings. The van der Waals surface area contributed by atoms with Gasteiger partial charge >= 0.3 is 0 Å². The summed E-state index contributed by atoms with van der Waals surface area (Å²) >= 11 is 0. The van der Waals surface area contributed by atoms with E-state index in [-0.39, 0.29) is 12.3 Å². The van der Waals surface area contributed by atoms with Crippen LogP contribution in [0, 0.1) is 0 Å². The Hall–Kier alpha value is -1.77. The molecule has 0 saturated carbocycles. The van der Waals surface area contributed by atoms with E-state index in [0.29, 0.717) is 0 Å². The fraction of sp³-hybridized carbons (Fsp3) is 0.182. The summed E-state index contributed by atoms with van der Waals surface area (Å²) in [4.78, 5) is 10.5. The molecule has 14 heavy (non-hydrogen) atoms. The van der Waals surface area contributed by atoms with Crippen LogP contribution in [-0.2, 0) is 4.79 Å². The number of anilines is 1. The van der Waals surface area contributed by atoms with Gasteiger partial charge in [-0.25, -0.2) is 0 Å². The summed E-state index contributed by atoms with van der Waals surface area (Å²) in [5.74, 6) is -0.312. The minimum atomic E-state index is -0.312. The number of nitrogens with one attached hydrogen (secondary N) is 1. The van der Waals surface area contributed by atoms with Crippen LogP contribution in [0.2, 0.25) is 0 Å². The third-order valence-electron chi connectivity index (χ3n) is 1.83. The van der Waals surface area contributed by atoms with Crippen molar-refractivity contribution in [3.05, 3.63) is 35.9 Å². The van der Waals surface area contributed by atoms with E-state index < -0.39 is 0 Å². The second kappa shape index (κ2) is 5.07. The molecule has 0 aliphatic rings. The summed E-state index contributed by atoms with van der Waals surface area (Å²) in [6, 6.07) is 7.90. The van der Waals surface area contributed by atoms with Gasteiger partial charge in [-0.2, -0.15) is 0 Å². The number of carbonyl (C=O) groups excluding carboxylic acids is 1. The van der Waals surface area contributed by atoms with Crippen LogP contribution in [0.5, 0.6) is 0 Å². The van der Waals surface area contributed by atoms with Crippen molar-refractivity contribution in [1.82, 2.24) is 0 Å². The average Bonchev–Trinajstić information content (AvgIpc) is 2.18. The Balaban J connectivity index is 2.59. The van der Waals surface area contributed by atoms with Crippen LogP contribution >= 0.6 is 0 Å². The van der Waals surface area contributed by atoms with Gasteiger partial charge in [0.15, 0.2) is 0 Å². The van der Waals surface area contributed by atoms with Crippen LogP contribution in [0.4, 0.5) is 5.69 Å². The van der Waals surface area contributed by atoms with E-state index in [4.69, 9.17) is 5.73 Å². The Labute approximate surface area is 83.6 Å². The quantitative estimate of drug-likeness (QED) is 0.758. The molecule has 3 heteroatoms. The van der Waals surface area contributed by atoms with Crippen molar-refractivity contribution in [2.24, 2.45) is 5.73 Å². The van der Waals surface area contributed by atoms with Gasteiger partial charge in [-0.15, -0.1) is 0 Å². The first kappa shape index (κ1) is 10.3. The fourth-order valence-corrected chi connectivity index (χ4v) is 1.07. The zero-order chi connectivity index (χ0) is 10.4. The SMILES string of the molecule is CNc1ccc(C=CCC(N)=O)cc1. The van der Waals surface area contributed by atoms with E-state index in [1.165, 1.54) is 0 Å². The molecule has 0 aromatic heterocycles. The molecule has 0 unspecified atom stereocenters. The van der Waals surface area contributed by atoms with Crippen LogP contribution in [0.15, 0.2) is 30.3 Å².